The summed E-state index contributed by atoms with van der Waals surface area (Å²) in [6, 6.07) is 8.74. The molecule has 1 N–H and O–H groups in total. The van der Waals surface area contributed by atoms with E-state index in [-0.39, 0.29) is 5.57 Å². The Hall–Kier alpha value is -2.53. The number of aromatic nitrogens is 2. The van der Waals surface area contributed by atoms with Crippen LogP contribution in [-0.4, -0.2) is 23.0 Å². The highest BCUT2D eigenvalue weighted by Gasteiger charge is 2.11. The number of benzene rings is 1. The van der Waals surface area contributed by atoms with Crippen LogP contribution in [0.1, 0.15) is 5.69 Å². The fourth-order valence-corrected chi connectivity index (χ4v) is 1.95. The zero-order valence-corrected chi connectivity index (χ0v) is 12.7. The lowest BCUT2D eigenvalue weighted by molar-refractivity contribution is 0.812. The fourth-order valence-electron chi connectivity index (χ4n) is 1.76. The SMILES string of the molecule is C=C/C=C(\C(F)=NC)c1ccnc(Nc2cccc(Cl)c2)n1. The molecule has 0 radical (unpaired) electrons. The zero-order chi connectivity index (χ0) is 15.9. The predicted octanol–water partition coefficient (Wildman–Crippen LogP) is 4.44. The van der Waals surface area contributed by atoms with E-state index in [1.165, 1.54) is 25.4 Å². The van der Waals surface area contributed by atoms with Crippen LogP contribution in [0.2, 0.25) is 5.02 Å². The van der Waals surface area contributed by atoms with Gasteiger partial charge < -0.3 is 5.32 Å². The Labute approximate surface area is 133 Å². The minimum Gasteiger partial charge on any atom is -0.324 e. The second kappa shape index (κ2) is 7.47. The van der Waals surface area contributed by atoms with Crippen molar-refractivity contribution in [3.63, 3.8) is 0 Å². The third-order valence-electron chi connectivity index (χ3n) is 2.72. The number of hydrogen-bond donors (Lipinski definition) is 1. The topological polar surface area (TPSA) is 50.2 Å². The first-order chi connectivity index (χ1) is 10.6. The first-order valence-electron chi connectivity index (χ1n) is 6.45. The lowest BCUT2D eigenvalue weighted by Gasteiger charge is -2.07. The molecule has 0 aliphatic rings. The number of nitrogens with one attached hydrogen (secondary N) is 1. The van der Waals surface area contributed by atoms with Crippen molar-refractivity contribution in [3.8, 4) is 0 Å². The number of nitrogens with zero attached hydrogens (tertiary/aromatic N) is 3. The van der Waals surface area contributed by atoms with Gasteiger partial charge in [0.25, 0.3) is 0 Å². The summed E-state index contributed by atoms with van der Waals surface area (Å²) >= 11 is 5.93. The van der Waals surface area contributed by atoms with Gasteiger partial charge >= 0.3 is 0 Å². The van der Waals surface area contributed by atoms with Gasteiger partial charge in [0, 0.05) is 24.0 Å². The maximum Gasteiger partial charge on any atom is 0.227 e. The van der Waals surface area contributed by atoms with Gasteiger partial charge in [0.2, 0.25) is 11.9 Å². The highest BCUT2D eigenvalue weighted by Crippen LogP contribution is 2.20. The summed E-state index contributed by atoms with van der Waals surface area (Å²) in [7, 11) is 1.37. The van der Waals surface area contributed by atoms with E-state index in [1.807, 2.05) is 6.07 Å². The molecule has 0 spiro atoms. The van der Waals surface area contributed by atoms with E-state index in [4.69, 9.17) is 11.6 Å². The van der Waals surface area contributed by atoms with Gasteiger partial charge in [-0.3, -0.25) is 4.99 Å². The van der Waals surface area contributed by atoms with Crippen molar-refractivity contribution in [2.24, 2.45) is 4.99 Å². The molecule has 0 bridgehead atoms. The van der Waals surface area contributed by atoms with Crippen LogP contribution in [0.5, 0.6) is 0 Å². The largest absolute Gasteiger partial charge is 0.324 e. The number of hydrogen-bond acceptors (Lipinski definition) is 4. The van der Waals surface area contributed by atoms with Gasteiger partial charge in [-0.2, -0.15) is 4.39 Å². The molecule has 0 fully saturated rings. The molecule has 0 saturated carbocycles. The molecule has 0 unspecified atom stereocenters. The van der Waals surface area contributed by atoms with Crippen LogP contribution in [0, 0.1) is 0 Å². The molecular weight excluding hydrogens is 303 g/mol. The number of halogens is 2. The monoisotopic (exact) mass is 316 g/mol. The molecule has 4 nitrogen and oxygen atoms in total. The van der Waals surface area contributed by atoms with Crippen molar-refractivity contribution in [2.45, 2.75) is 0 Å². The van der Waals surface area contributed by atoms with Crippen molar-refractivity contribution >= 4 is 34.8 Å². The first-order valence-corrected chi connectivity index (χ1v) is 6.83. The third kappa shape index (κ3) is 3.99. The van der Waals surface area contributed by atoms with Crippen molar-refractivity contribution in [1.82, 2.24) is 9.97 Å². The third-order valence-corrected chi connectivity index (χ3v) is 2.95. The summed E-state index contributed by atoms with van der Waals surface area (Å²) in [6.45, 7) is 3.57. The number of aliphatic imine (C=N–C) groups is 1. The minimum absolute atomic E-state index is 0.244. The van der Waals surface area contributed by atoms with Gasteiger partial charge in [-0.25, -0.2) is 9.97 Å². The molecule has 1 aromatic heterocycles. The van der Waals surface area contributed by atoms with Crippen molar-refractivity contribution in [3.05, 3.63) is 66.0 Å². The van der Waals surface area contributed by atoms with Gasteiger partial charge in [-0.15, -0.1) is 0 Å². The van der Waals surface area contributed by atoms with Crippen LogP contribution in [0.4, 0.5) is 16.0 Å². The van der Waals surface area contributed by atoms with Crippen LogP contribution < -0.4 is 5.32 Å². The Bertz CT molecular complexity index is 740. The van der Waals surface area contributed by atoms with E-state index >= 15 is 0 Å². The molecule has 2 aromatic rings. The van der Waals surface area contributed by atoms with Crippen LogP contribution in [0.25, 0.3) is 5.57 Å². The molecular formula is C16H14ClFN4. The summed E-state index contributed by atoms with van der Waals surface area (Å²) in [4.78, 5) is 11.9. The van der Waals surface area contributed by atoms with E-state index in [1.54, 1.807) is 24.3 Å². The zero-order valence-electron chi connectivity index (χ0n) is 11.9. The highest BCUT2D eigenvalue weighted by molar-refractivity contribution is 6.30. The van der Waals surface area contributed by atoms with E-state index in [0.717, 1.165) is 5.69 Å². The molecule has 0 amide bonds. The van der Waals surface area contributed by atoms with E-state index in [0.29, 0.717) is 16.7 Å². The summed E-state index contributed by atoms with van der Waals surface area (Å²) < 4.78 is 13.8. The molecule has 0 aliphatic heterocycles. The molecule has 6 heteroatoms. The molecule has 22 heavy (non-hydrogen) atoms. The standard InChI is InChI=1S/C16H14ClFN4/c1-3-5-13(15(18)19-2)14-8-9-20-16(22-14)21-12-7-4-6-11(17)10-12/h3-10H,1H2,2H3,(H,20,21,22)/b13-5-,19-15?. The van der Waals surface area contributed by atoms with Crippen molar-refractivity contribution in [1.29, 1.82) is 0 Å². The Balaban J connectivity index is 2.33. The van der Waals surface area contributed by atoms with Crippen LogP contribution in [-0.2, 0) is 0 Å². The first kappa shape index (κ1) is 15.9. The lowest BCUT2D eigenvalue weighted by Crippen LogP contribution is -2.02. The van der Waals surface area contributed by atoms with E-state index in [9.17, 15) is 4.39 Å². The fraction of sp³-hybridized carbons (Fsp3) is 0.0625. The average Bonchev–Trinajstić information content (AvgIpc) is 2.52. The lowest BCUT2D eigenvalue weighted by atomic mass is 10.1. The van der Waals surface area contributed by atoms with Gasteiger partial charge in [0.15, 0.2) is 0 Å². The van der Waals surface area contributed by atoms with Crippen LogP contribution in [0.3, 0.4) is 0 Å². The number of rotatable bonds is 5. The Morgan fingerprint density at radius 2 is 2.23 bits per heavy atom. The summed E-state index contributed by atoms with van der Waals surface area (Å²) in [6.07, 6.45) is 4.52. The van der Waals surface area contributed by atoms with Crippen LogP contribution >= 0.6 is 11.6 Å². The number of anilines is 2. The van der Waals surface area contributed by atoms with E-state index < -0.39 is 5.97 Å². The Kier molecular flexibility index (Phi) is 5.38. The molecule has 0 aliphatic carbocycles. The van der Waals surface area contributed by atoms with Crippen molar-refractivity contribution in [2.75, 3.05) is 12.4 Å². The summed E-state index contributed by atoms with van der Waals surface area (Å²) in [5, 5.41) is 3.61. The molecule has 1 heterocycles. The van der Waals surface area contributed by atoms with E-state index in [2.05, 4.69) is 26.9 Å². The molecule has 0 saturated heterocycles. The van der Waals surface area contributed by atoms with Crippen molar-refractivity contribution < 1.29 is 4.39 Å². The molecule has 0 atom stereocenters. The average molecular weight is 317 g/mol. The van der Waals surface area contributed by atoms with Crippen LogP contribution in [0.15, 0.2) is 60.3 Å². The Morgan fingerprint density at radius 3 is 2.91 bits per heavy atom. The number of allylic oxidation sites excluding steroid dienone is 3. The second-order valence-electron chi connectivity index (χ2n) is 4.23. The molecule has 2 rings (SSSR count). The summed E-state index contributed by atoms with van der Waals surface area (Å²) in [5.41, 5.74) is 1.39. The summed E-state index contributed by atoms with van der Waals surface area (Å²) in [5.74, 6) is -0.286. The molecule has 1 aromatic carbocycles. The minimum atomic E-state index is -0.618. The predicted molar refractivity (Wildman–Crippen MR) is 89.4 cm³/mol. The quantitative estimate of drug-likeness (QED) is 0.655. The maximum atomic E-state index is 13.8. The highest BCUT2D eigenvalue weighted by atomic mass is 35.5. The second-order valence-corrected chi connectivity index (χ2v) is 4.67. The van der Waals surface area contributed by atoms with Gasteiger partial charge in [0.1, 0.15) is 0 Å². The molecule has 112 valence electrons. The van der Waals surface area contributed by atoms with Gasteiger partial charge in [-0.05, 0) is 30.3 Å². The van der Waals surface area contributed by atoms with Gasteiger partial charge in [0.05, 0.1) is 11.3 Å². The normalized spacial score (nSPS) is 12.1. The Morgan fingerprint density at radius 1 is 1.41 bits per heavy atom. The maximum absolute atomic E-state index is 13.8. The smallest absolute Gasteiger partial charge is 0.227 e. The van der Waals surface area contributed by atoms with Gasteiger partial charge in [-0.1, -0.05) is 30.3 Å².